The summed E-state index contributed by atoms with van der Waals surface area (Å²) in [6.07, 6.45) is -3.80. The van der Waals surface area contributed by atoms with E-state index in [-0.39, 0.29) is 16.4 Å². The first-order chi connectivity index (χ1) is 14.8. The molecule has 0 atom stereocenters. The Labute approximate surface area is 183 Å². The Balaban J connectivity index is 1.61. The van der Waals surface area contributed by atoms with E-state index in [1.165, 1.54) is 12.1 Å². The molecule has 0 aromatic heterocycles. The van der Waals surface area contributed by atoms with Crippen LogP contribution in [0.2, 0.25) is 0 Å². The summed E-state index contributed by atoms with van der Waals surface area (Å²) in [7, 11) is 0. The van der Waals surface area contributed by atoms with Crippen LogP contribution < -0.4 is 15.4 Å². The standard InChI is InChI=1S/C23H19F3N2O2S/c24-23(25,26)17-9-6-10-18(15-17)27-22(31)28-21(29)19-11-4-5-12-20(19)30-14-13-16-7-2-1-3-8-16/h1-12,15H,13-14H2,(H2,27,28,29,31). The first kappa shape index (κ1) is 22.3. The molecule has 3 aromatic rings. The van der Waals surface area contributed by atoms with Crippen molar-refractivity contribution in [3.05, 3.63) is 95.6 Å². The van der Waals surface area contributed by atoms with Gasteiger partial charge in [0, 0.05) is 12.1 Å². The highest BCUT2D eigenvalue weighted by Crippen LogP contribution is 2.30. The van der Waals surface area contributed by atoms with Crippen molar-refractivity contribution in [1.29, 1.82) is 0 Å². The monoisotopic (exact) mass is 444 g/mol. The average Bonchev–Trinajstić information content (AvgIpc) is 2.74. The molecule has 0 saturated heterocycles. The minimum atomic E-state index is -4.47. The normalized spacial score (nSPS) is 10.9. The van der Waals surface area contributed by atoms with Crippen molar-refractivity contribution in [2.45, 2.75) is 12.6 Å². The van der Waals surface area contributed by atoms with Crippen LogP contribution in [0, 0.1) is 0 Å². The lowest BCUT2D eigenvalue weighted by Gasteiger charge is -2.14. The SMILES string of the molecule is O=C(NC(=S)Nc1cccc(C(F)(F)F)c1)c1ccccc1OCCc1ccccc1. The van der Waals surface area contributed by atoms with Crippen LogP contribution in [0.25, 0.3) is 0 Å². The van der Waals surface area contributed by atoms with Crippen LogP contribution in [0.15, 0.2) is 78.9 Å². The minimum Gasteiger partial charge on any atom is -0.492 e. The predicted octanol–water partition coefficient (Wildman–Crippen LogP) is 5.45. The number of hydrogen-bond donors (Lipinski definition) is 2. The number of amides is 1. The molecular formula is C23H19F3N2O2S. The van der Waals surface area contributed by atoms with Gasteiger partial charge in [-0.15, -0.1) is 0 Å². The third kappa shape index (κ3) is 6.55. The smallest absolute Gasteiger partial charge is 0.416 e. The molecule has 8 heteroatoms. The zero-order valence-corrected chi connectivity index (χ0v) is 17.1. The highest BCUT2D eigenvalue weighted by molar-refractivity contribution is 7.80. The van der Waals surface area contributed by atoms with Crippen LogP contribution in [-0.2, 0) is 12.6 Å². The van der Waals surface area contributed by atoms with Crippen molar-refractivity contribution in [1.82, 2.24) is 5.32 Å². The fourth-order valence-electron chi connectivity index (χ4n) is 2.81. The highest BCUT2D eigenvalue weighted by atomic mass is 32.1. The van der Waals surface area contributed by atoms with E-state index in [0.29, 0.717) is 18.8 Å². The van der Waals surface area contributed by atoms with Crippen molar-refractivity contribution >= 4 is 28.9 Å². The number of carbonyl (C=O) groups excluding carboxylic acids is 1. The van der Waals surface area contributed by atoms with E-state index in [0.717, 1.165) is 17.7 Å². The Kier molecular flexibility index (Phi) is 7.25. The van der Waals surface area contributed by atoms with Gasteiger partial charge in [0.1, 0.15) is 5.75 Å². The number of carbonyl (C=O) groups is 1. The number of thiocarbonyl (C=S) groups is 1. The molecule has 0 radical (unpaired) electrons. The molecule has 0 aliphatic carbocycles. The second-order valence-electron chi connectivity index (χ2n) is 6.57. The Morgan fingerprint density at radius 2 is 1.65 bits per heavy atom. The molecule has 0 spiro atoms. The van der Waals surface area contributed by atoms with E-state index in [9.17, 15) is 18.0 Å². The molecular weight excluding hydrogens is 425 g/mol. The van der Waals surface area contributed by atoms with E-state index in [2.05, 4.69) is 10.6 Å². The Bertz CT molecular complexity index is 1060. The van der Waals surface area contributed by atoms with Crippen molar-refractivity contribution in [2.24, 2.45) is 0 Å². The number of benzene rings is 3. The van der Waals surface area contributed by atoms with Gasteiger partial charge < -0.3 is 10.1 Å². The van der Waals surface area contributed by atoms with Crippen molar-refractivity contribution < 1.29 is 22.7 Å². The number of alkyl halides is 3. The summed E-state index contributed by atoms with van der Waals surface area (Å²) < 4.78 is 44.3. The van der Waals surface area contributed by atoms with Crippen LogP contribution in [0.4, 0.5) is 18.9 Å². The quantitative estimate of drug-likeness (QED) is 0.496. The van der Waals surface area contributed by atoms with Crippen LogP contribution in [0.3, 0.4) is 0 Å². The lowest BCUT2D eigenvalue weighted by atomic mass is 10.1. The maximum Gasteiger partial charge on any atom is 0.416 e. The molecule has 0 aliphatic heterocycles. The lowest BCUT2D eigenvalue weighted by molar-refractivity contribution is -0.137. The zero-order chi connectivity index (χ0) is 22.3. The summed E-state index contributed by atoms with van der Waals surface area (Å²) in [4.78, 5) is 12.6. The first-order valence-corrected chi connectivity index (χ1v) is 9.79. The average molecular weight is 444 g/mol. The summed E-state index contributed by atoms with van der Waals surface area (Å²) in [5, 5.41) is 4.95. The molecule has 4 nitrogen and oxygen atoms in total. The maximum absolute atomic E-state index is 12.8. The number of ether oxygens (including phenoxy) is 1. The molecule has 0 aliphatic rings. The van der Waals surface area contributed by atoms with Crippen LogP contribution in [0.5, 0.6) is 5.75 Å². The van der Waals surface area contributed by atoms with Gasteiger partial charge in [-0.1, -0.05) is 48.5 Å². The number of anilines is 1. The fraction of sp³-hybridized carbons (Fsp3) is 0.130. The van der Waals surface area contributed by atoms with Gasteiger partial charge >= 0.3 is 6.18 Å². The Morgan fingerprint density at radius 3 is 2.39 bits per heavy atom. The third-order valence-electron chi connectivity index (χ3n) is 4.30. The van der Waals surface area contributed by atoms with Gasteiger partial charge in [0.2, 0.25) is 0 Å². The van der Waals surface area contributed by atoms with E-state index in [1.54, 1.807) is 24.3 Å². The number of rotatable bonds is 6. The van der Waals surface area contributed by atoms with Gasteiger partial charge in [0.25, 0.3) is 5.91 Å². The molecule has 0 unspecified atom stereocenters. The largest absolute Gasteiger partial charge is 0.492 e. The third-order valence-corrected chi connectivity index (χ3v) is 4.50. The van der Waals surface area contributed by atoms with Gasteiger partial charge in [0.15, 0.2) is 5.11 Å². The lowest BCUT2D eigenvalue weighted by Crippen LogP contribution is -2.34. The second-order valence-corrected chi connectivity index (χ2v) is 6.98. The van der Waals surface area contributed by atoms with E-state index < -0.39 is 17.6 Å². The molecule has 2 N–H and O–H groups in total. The molecule has 1 amide bonds. The van der Waals surface area contributed by atoms with E-state index >= 15 is 0 Å². The summed E-state index contributed by atoms with van der Waals surface area (Å²) in [6, 6.07) is 21.0. The molecule has 3 aromatic carbocycles. The van der Waals surface area contributed by atoms with E-state index in [4.69, 9.17) is 17.0 Å². The van der Waals surface area contributed by atoms with Crippen molar-refractivity contribution in [3.63, 3.8) is 0 Å². The Morgan fingerprint density at radius 1 is 0.935 bits per heavy atom. The number of halogens is 3. The van der Waals surface area contributed by atoms with Gasteiger partial charge in [0.05, 0.1) is 17.7 Å². The van der Waals surface area contributed by atoms with Gasteiger partial charge in [-0.05, 0) is 48.1 Å². The summed E-state index contributed by atoms with van der Waals surface area (Å²) in [6.45, 7) is 0.376. The van der Waals surface area contributed by atoms with E-state index in [1.807, 2.05) is 30.3 Å². The van der Waals surface area contributed by atoms with Gasteiger partial charge in [-0.3, -0.25) is 10.1 Å². The van der Waals surface area contributed by atoms with Gasteiger partial charge in [-0.2, -0.15) is 13.2 Å². The summed E-state index contributed by atoms with van der Waals surface area (Å²) >= 11 is 5.08. The number of nitrogens with one attached hydrogen (secondary N) is 2. The molecule has 0 saturated carbocycles. The highest BCUT2D eigenvalue weighted by Gasteiger charge is 2.30. The summed E-state index contributed by atoms with van der Waals surface area (Å²) in [5.74, 6) is -0.141. The van der Waals surface area contributed by atoms with Crippen LogP contribution >= 0.6 is 12.2 Å². The first-order valence-electron chi connectivity index (χ1n) is 9.38. The minimum absolute atomic E-state index is 0.118. The van der Waals surface area contributed by atoms with Crippen LogP contribution in [-0.4, -0.2) is 17.6 Å². The van der Waals surface area contributed by atoms with Gasteiger partial charge in [-0.25, -0.2) is 0 Å². The molecule has 31 heavy (non-hydrogen) atoms. The second kappa shape index (κ2) is 10.1. The predicted molar refractivity (Wildman–Crippen MR) is 117 cm³/mol. The maximum atomic E-state index is 12.8. The zero-order valence-electron chi connectivity index (χ0n) is 16.3. The molecule has 0 heterocycles. The number of para-hydroxylation sites is 1. The molecule has 160 valence electrons. The molecule has 3 rings (SSSR count). The fourth-order valence-corrected chi connectivity index (χ4v) is 3.02. The summed E-state index contributed by atoms with van der Waals surface area (Å²) in [5.41, 5.74) is 0.677. The molecule has 0 bridgehead atoms. The van der Waals surface area contributed by atoms with Crippen LogP contribution in [0.1, 0.15) is 21.5 Å². The van der Waals surface area contributed by atoms with Crippen molar-refractivity contribution in [2.75, 3.05) is 11.9 Å². The Hall–Kier alpha value is -3.39. The topological polar surface area (TPSA) is 50.4 Å². The number of hydrogen-bond acceptors (Lipinski definition) is 3. The molecule has 0 fully saturated rings. The van der Waals surface area contributed by atoms with Crippen molar-refractivity contribution in [3.8, 4) is 5.75 Å².